The smallest absolute Gasteiger partial charge is 0.329 e. The van der Waals surface area contributed by atoms with Gasteiger partial charge in [-0.2, -0.15) is 5.10 Å². The molecule has 37 heavy (non-hydrogen) atoms. The zero-order valence-corrected chi connectivity index (χ0v) is 20.9. The van der Waals surface area contributed by atoms with Gasteiger partial charge in [0.15, 0.2) is 18.1 Å². The van der Waals surface area contributed by atoms with Crippen LogP contribution in [-0.4, -0.2) is 44.8 Å². The van der Waals surface area contributed by atoms with Crippen molar-refractivity contribution in [1.82, 2.24) is 10.7 Å². The van der Waals surface area contributed by atoms with Gasteiger partial charge in [0.1, 0.15) is 5.75 Å². The maximum Gasteiger partial charge on any atom is 0.329 e. The van der Waals surface area contributed by atoms with E-state index in [1.54, 1.807) is 61.7 Å². The van der Waals surface area contributed by atoms with Crippen LogP contribution in [0.15, 0.2) is 71.8 Å². The number of amides is 3. The van der Waals surface area contributed by atoms with Crippen molar-refractivity contribution < 1.29 is 28.6 Å². The van der Waals surface area contributed by atoms with Gasteiger partial charge in [-0.3, -0.25) is 14.4 Å². The number of nitrogens with zero attached hydrogens (tertiary/aromatic N) is 1. The van der Waals surface area contributed by atoms with E-state index >= 15 is 0 Å². The summed E-state index contributed by atoms with van der Waals surface area (Å²) in [4.78, 5) is 36.2. The van der Waals surface area contributed by atoms with Gasteiger partial charge in [-0.05, 0) is 47.5 Å². The van der Waals surface area contributed by atoms with E-state index in [0.717, 1.165) is 5.56 Å². The molecule has 0 heterocycles. The van der Waals surface area contributed by atoms with Gasteiger partial charge in [0.25, 0.3) is 5.91 Å². The molecule has 0 aromatic heterocycles. The standard InChI is InChI=1S/C26H25ClN4O6/c1-35-20-10-8-17(9-11-20)14-28-25(33)26(34)31-29-15-18-12-21(27)24(22(13-18)36-2)37-16-23(32)30-19-6-4-3-5-7-19/h3-13,15H,14,16H2,1-2H3,(H,28,33)(H,30,32)(H,31,34)/b29-15-. The SMILES string of the molecule is COc1ccc(CNC(=O)C(=O)N/N=C\c2cc(Cl)c(OCC(=O)Nc3ccccc3)c(OC)c2)cc1. The Morgan fingerprint density at radius 1 is 0.946 bits per heavy atom. The molecule has 3 amide bonds. The maximum atomic E-state index is 12.2. The number of para-hydroxylation sites is 1. The van der Waals surface area contributed by atoms with Crippen LogP contribution in [0.5, 0.6) is 17.2 Å². The summed E-state index contributed by atoms with van der Waals surface area (Å²) in [5, 5.41) is 9.16. The molecule has 192 valence electrons. The second kappa shape index (κ2) is 13.5. The molecule has 0 bridgehead atoms. The van der Waals surface area contributed by atoms with Crippen molar-refractivity contribution in [3.63, 3.8) is 0 Å². The maximum absolute atomic E-state index is 12.2. The molecule has 0 fully saturated rings. The zero-order valence-electron chi connectivity index (χ0n) is 20.1. The summed E-state index contributed by atoms with van der Waals surface area (Å²) in [6.45, 7) is -0.127. The normalized spacial score (nSPS) is 10.5. The van der Waals surface area contributed by atoms with Crippen molar-refractivity contribution in [2.45, 2.75) is 6.54 Å². The number of rotatable bonds is 10. The molecule has 0 aliphatic heterocycles. The molecular weight excluding hydrogens is 500 g/mol. The number of nitrogens with one attached hydrogen (secondary N) is 3. The highest BCUT2D eigenvalue weighted by atomic mass is 35.5. The Labute approximate surface area is 218 Å². The lowest BCUT2D eigenvalue weighted by Crippen LogP contribution is -2.37. The first kappa shape index (κ1) is 27.0. The van der Waals surface area contributed by atoms with Gasteiger partial charge in [-0.15, -0.1) is 0 Å². The Kier molecular flexibility index (Phi) is 9.86. The number of carbonyl (C=O) groups is 3. The molecule has 3 aromatic rings. The summed E-state index contributed by atoms with van der Waals surface area (Å²) < 4.78 is 15.9. The molecule has 3 N–H and O–H groups in total. The molecule has 0 unspecified atom stereocenters. The number of hydrogen-bond acceptors (Lipinski definition) is 7. The van der Waals surface area contributed by atoms with Gasteiger partial charge >= 0.3 is 11.8 Å². The van der Waals surface area contributed by atoms with Gasteiger partial charge in [0, 0.05) is 12.2 Å². The van der Waals surface area contributed by atoms with E-state index in [4.69, 9.17) is 25.8 Å². The second-order valence-electron chi connectivity index (χ2n) is 7.47. The summed E-state index contributed by atoms with van der Waals surface area (Å²) in [5.41, 5.74) is 4.05. The van der Waals surface area contributed by atoms with Gasteiger partial charge in [-0.25, -0.2) is 5.43 Å². The van der Waals surface area contributed by atoms with Crippen molar-refractivity contribution in [3.8, 4) is 17.2 Å². The van der Waals surface area contributed by atoms with Crippen LogP contribution in [0.25, 0.3) is 0 Å². The molecule has 0 saturated carbocycles. The van der Waals surface area contributed by atoms with Crippen LogP contribution < -0.4 is 30.3 Å². The Bertz CT molecular complexity index is 1270. The Morgan fingerprint density at radius 3 is 2.35 bits per heavy atom. The van der Waals surface area contributed by atoms with Crippen LogP contribution in [-0.2, 0) is 20.9 Å². The largest absolute Gasteiger partial charge is 0.497 e. The van der Waals surface area contributed by atoms with E-state index in [1.165, 1.54) is 19.4 Å². The van der Waals surface area contributed by atoms with Crippen molar-refractivity contribution in [2.75, 3.05) is 26.1 Å². The van der Waals surface area contributed by atoms with E-state index in [9.17, 15) is 14.4 Å². The van der Waals surface area contributed by atoms with Crippen LogP contribution in [0.2, 0.25) is 5.02 Å². The average molecular weight is 525 g/mol. The summed E-state index contributed by atoms with van der Waals surface area (Å²) in [7, 11) is 2.97. The molecule has 0 saturated heterocycles. The zero-order chi connectivity index (χ0) is 26.6. The topological polar surface area (TPSA) is 127 Å². The molecule has 11 heteroatoms. The predicted molar refractivity (Wildman–Crippen MR) is 139 cm³/mol. The van der Waals surface area contributed by atoms with Crippen molar-refractivity contribution in [3.05, 3.63) is 82.9 Å². The fourth-order valence-corrected chi connectivity index (χ4v) is 3.31. The van der Waals surface area contributed by atoms with Crippen LogP contribution in [0, 0.1) is 0 Å². The molecular formula is C26H25ClN4O6. The highest BCUT2D eigenvalue weighted by molar-refractivity contribution is 6.35. The minimum atomic E-state index is -0.938. The van der Waals surface area contributed by atoms with Gasteiger partial charge < -0.3 is 24.8 Å². The third kappa shape index (κ3) is 8.25. The fraction of sp³-hybridized carbons (Fsp3) is 0.154. The van der Waals surface area contributed by atoms with Crippen molar-refractivity contribution in [1.29, 1.82) is 0 Å². The number of hydrazone groups is 1. The van der Waals surface area contributed by atoms with E-state index in [2.05, 4.69) is 21.2 Å². The summed E-state index contributed by atoms with van der Waals surface area (Å²) in [6, 6.07) is 19.1. The lowest BCUT2D eigenvalue weighted by molar-refractivity contribution is -0.139. The number of benzene rings is 3. The van der Waals surface area contributed by atoms with Crippen molar-refractivity contribution in [2.24, 2.45) is 5.10 Å². The van der Waals surface area contributed by atoms with Crippen LogP contribution in [0.4, 0.5) is 5.69 Å². The average Bonchev–Trinajstić information content (AvgIpc) is 2.91. The molecule has 3 aromatic carbocycles. The number of ether oxygens (including phenoxy) is 3. The summed E-state index contributed by atoms with van der Waals surface area (Å²) in [6.07, 6.45) is 1.29. The molecule has 10 nitrogen and oxygen atoms in total. The lowest BCUT2D eigenvalue weighted by Gasteiger charge is -2.13. The summed E-state index contributed by atoms with van der Waals surface area (Å²) >= 11 is 6.31. The third-order valence-corrected chi connectivity index (χ3v) is 5.14. The molecule has 0 aliphatic rings. The van der Waals surface area contributed by atoms with E-state index in [0.29, 0.717) is 17.0 Å². The first-order valence-electron chi connectivity index (χ1n) is 11.0. The Hall–Kier alpha value is -4.57. The minimum Gasteiger partial charge on any atom is -0.497 e. The highest BCUT2D eigenvalue weighted by Gasteiger charge is 2.15. The second-order valence-corrected chi connectivity index (χ2v) is 7.87. The number of methoxy groups -OCH3 is 2. The van der Waals surface area contributed by atoms with Gasteiger partial charge in [-0.1, -0.05) is 41.9 Å². The first-order valence-corrected chi connectivity index (χ1v) is 11.4. The van der Waals surface area contributed by atoms with Gasteiger partial charge in [0.05, 0.1) is 25.5 Å². The quantitative estimate of drug-likeness (QED) is 0.212. The van der Waals surface area contributed by atoms with E-state index < -0.39 is 11.8 Å². The van der Waals surface area contributed by atoms with Gasteiger partial charge in [0.2, 0.25) is 0 Å². The number of carbonyl (C=O) groups excluding carboxylic acids is 3. The molecule has 3 rings (SSSR count). The third-order valence-electron chi connectivity index (χ3n) is 4.85. The first-order chi connectivity index (χ1) is 17.9. The molecule has 0 aliphatic carbocycles. The fourth-order valence-electron chi connectivity index (χ4n) is 3.03. The minimum absolute atomic E-state index is 0.164. The van der Waals surface area contributed by atoms with Crippen molar-refractivity contribution >= 4 is 41.2 Å². The molecule has 0 spiro atoms. The number of halogens is 1. The highest BCUT2D eigenvalue weighted by Crippen LogP contribution is 2.36. The van der Waals surface area contributed by atoms with Crippen LogP contribution in [0.3, 0.4) is 0 Å². The van der Waals surface area contributed by atoms with Crippen LogP contribution in [0.1, 0.15) is 11.1 Å². The summed E-state index contributed by atoms with van der Waals surface area (Å²) in [5.74, 6) is -1.04. The Morgan fingerprint density at radius 2 is 1.68 bits per heavy atom. The molecule has 0 atom stereocenters. The van der Waals surface area contributed by atoms with Crippen LogP contribution >= 0.6 is 11.6 Å². The lowest BCUT2D eigenvalue weighted by atomic mass is 10.2. The Balaban J connectivity index is 1.52. The monoisotopic (exact) mass is 524 g/mol. The molecule has 0 radical (unpaired) electrons. The van der Waals surface area contributed by atoms with E-state index in [-0.39, 0.29) is 35.6 Å². The van der Waals surface area contributed by atoms with E-state index in [1.807, 2.05) is 6.07 Å². The predicted octanol–water partition coefficient (Wildman–Crippen LogP) is 3.14. The number of anilines is 1. The number of hydrogen-bond donors (Lipinski definition) is 3.